The smallest absolute Gasteiger partial charge is 0.312 e. The third-order valence-electron chi connectivity index (χ3n) is 3.70. The van der Waals surface area contributed by atoms with Crippen LogP contribution in [0.1, 0.15) is 22.5 Å². The second-order valence-electron chi connectivity index (χ2n) is 5.49. The van der Waals surface area contributed by atoms with E-state index in [1.807, 2.05) is 12.1 Å². The van der Waals surface area contributed by atoms with Crippen LogP contribution in [0.15, 0.2) is 24.3 Å². The van der Waals surface area contributed by atoms with Crippen molar-refractivity contribution in [1.82, 2.24) is 9.78 Å². The summed E-state index contributed by atoms with van der Waals surface area (Å²) in [5.74, 6) is 0. The van der Waals surface area contributed by atoms with Crippen LogP contribution in [-0.2, 0) is 13.2 Å². The molecule has 1 unspecified atom stereocenters. The van der Waals surface area contributed by atoms with Crippen molar-refractivity contribution in [2.75, 3.05) is 7.05 Å². The molecule has 2 rings (SSSR count). The number of hydrogen-bond donors (Lipinski definition) is 1. The zero-order valence-electron chi connectivity index (χ0n) is 12.9. The Morgan fingerprint density at radius 1 is 1.29 bits per heavy atom. The number of quaternary nitrogens is 1. The Bertz CT molecular complexity index is 664. The maximum Gasteiger partial charge on any atom is 0.312 e. The van der Waals surface area contributed by atoms with Gasteiger partial charge in [0, 0.05) is 5.56 Å². The SMILES string of the molecule is Cc1ccccc1C[NH+](C)Cn1nc(C)c([N+](=O)[O-])c1C. The fourth-order valence-corrected chi connectivity index (χ4v) is 2.55. The maximum absolute atomic E-state index is 11.0. The van der Waals surface area contributed by atoms with E-state index in [4.69, 9.17) is 0 Å². The number of benzene rings is 1. The molecular formula is C15H21N4O2+. The molecule has 6 heteroatoms. The second kappa shape index (κ2) is 6.05. The highest BCUT2D eigenvalue weighted by Crippen LogP contribution is 2.20. The molecule has 0 aliphatic rings. The lowest BCUT2D eigenvalue weighted by atomic mass is 10.1. The predicted octanol–water partition coefficient (Wildman–Crippen LogP) is 1.39. The van der Waals surface area contributed by atoms with Crippen LogP contribution in [0.5, 0.6) is 0 Å². The molecule has 1 aromatic heterocycles. The molecule has 1 atom stereocenters. The molecule has 1 aromatic carbocycles. The minimum absolute atomic E-state index is 0.124. The van der Waals surface area contributed by atoms with Gasteiger partial charge < -0.3 is 4.90 Å². The lowest BCUT2D eigenvalue weighted by Crippen LogP contribution is -3.07. The Hall–Kier alpha value is -2.21. The van der Waals surface area contributed by atoms with Crippen LogP contribution in [0.25, 0.3) is 0 Å². The molecule has 0 bridgehead atoms. The molecule has 0 aliphatic heterocycles. The standard InChI is InChI=1S/C15H20N4O2/c1-11-7-5-6-8-14(11)9-17(4)10-18-13(3)15(19(20)21)12(2)16-18/h5-8H,9-10H2,1-4H3/p+1. The van der Waals surface area contributed by atoms with Crippen LogP contribution in [0.2, 0.25) is 0 Å². The monoisotopic (exact) mass is 289 g/mol. The molecule has 1 N–H and O–H groups in total. The van der Waals surface area contributed by atoms with Gasteiger partial charge in [0.05, 0.1) is 12.0 Å². The van der Waals surface area contributed by atoms with Crippen LogP contribution in [0, 0.1) is 30.9 Å². The average molecular weight is 289 g/mol. The van der Waals surface area contributed by atoms with Gasteiger partial charge in [0.15, 0.2) is 6.67 Å². The van der Waals surface area contributed by atoms with E-state index in [9.17, 15) is 10.1 Å². The van der Waals surface area contributed by atoms with Crippen molar-refractivity contribution < 1.29 is 9.82 Å². The first-order chi connectivity index (χ1) is 9.90. The van der Waals surface area contributed by atoms with Crippen LogP contribution < -0.4 is 4.90 Å². The third kappa shape index (κ3) is 3.28. The molecular weight excluding hydrogens is 268 g/mol. The van der Waals surface area contributed by atoms with Crippen molar-refractivity contribution in [1.29, 1.82) is 0 Å². The molecule has 1 heterocycles. The summed E-state index contributed by atoms with van der Waals surface area (Å²) >= 11 is 0. The minimum Gasteiger partial charge on any atom is -0.315 e. The molecule has 21 heavy (non-hydrogen) atoms. The summed E-state index contributed by atoms with van der Waals surface area (Å²) < 4.78 is 1.72. The summed E-state index contributed by atoms with van der Waals surface area (Å²) in [6, 6.07) is 8.27. The van der Waals surface area contributed by atoms with Gasteiger partial charge in [0.25, 0.3) is 0 Å². The van der Waals surface area contributed by atoms with Crippen LogP contribution >= 0.6 is 0 Å². The van der Waals surface area contributed by atoms with E-state index >= 15 is 0 Å². The fraction of sp³-hybridized carbons (Fsp3) is 0.400. The van der Waals surface area contributed by atoms with E-state index in [-0.39, 0.29) is 10.6 Å². The van der Waals surface area contributed by atoms with Gasteiger partial charge in [-0.15, -0.1) is 0 Å². The normalized spacial score (nSPS) is 12.4. The lowest BCUT2D eigenvalue weighted by molar-refractivity contribution is -0.917. The van der Waals surface area contributed by atoms with Crippen LogP contribution in [-0.4, -0.2) is 21.8 Å². The summed E-state index contributed by atoms with van der Waals surface area (Å²) in [7, 11) is 2.06. The lowest BCUT2D eigenvalue weighted by Gasteiger charge is -2.16. The maximum atomic E-state index is 11.0. The molecule has 0 aliphatic carbocycles. The second-order valence-corrected chi connectivity index (χ2v) is 5.49. The van der Waals surface area contributed by atoms with E-state index < -0.39 is 0 Å². The quantitative estimate of drug-likeness (QED) is 0.668. The summed E-state index contributed by atoms with van der Waals surface area (Å²) in [4.78, 5) is 11.9. The van der Waals surface area contributed by atoms with E-state index in [2.05, 4.69) is 31.2 Å². The summed E-state index contributed by atoms with van der Waals surface area (Å²) in [5, 5.41) is 15.3. The van der Waals surface area contributed by atoms with Gasteiger partial charge in [-0.3, -0.25) is 10.1 Å². The molecule has 6 nitrogen and oxygen atoms in total. The molecule has 0 amide bonds. The molecule has 0 radical (unpaired) electrons. The van der Waals surface area contributed by atoms with Gasteiger partial charge in [-0.1, -0.05) is 24.3 Å². The van der Waals surface area contributed by atoms with Crippen molar-refractivity contribution in [2.45, 2.75) is 34.0 Å². The third-order valence-corrected chi connectivity index (χ3v) is 3.70. The summed E-state index contributed by atoms with van der Waals surface area (Å²) in [5.41, 5.74) is 3.75. The highest BCUT2D eigenvalue weighted by atomic mass is 16.6. The number of aromatic nitrogens is 2. The number of nitrogens with zero attached hydrogens (tertiary/aromatic N) is 3. The minimum atomic E-state index is -0.356. The number of rotatable bonds is 5. The first-order valence-corrected chi connectivity index (χ1v) is 6.94. The van der Waals surface area contributed by atoms with Gasteiger partial charge in [-0.25, -0.2) is 4.68 Å². The predicted molar refractivity (Wildman–Crippen MR) is 80.1 cm³/mol. The van der Waals surface area contributed by atoms with E-state index in [1.165, 1.54) is 16.0 Å². The van der Waals surface area contributed by atoms with E-state index in [0.717, 1.165) is 6.54 Å². The highest BCUT2D eigenvalue weighted by molar-refractivity contribution is 5.39. The molecule has 0 spiro atoms. The molecule has 0 saturated heterocycles. The topological polar surface area (TPSA) is 65.4 Å². The molecule has 0 saturated carbocycles. The Kier molecular flexibility index (Phi) is 4.37. The molecule has 112 valence electrons. The molecule has 0 fully saturated rings. The largest absolute Gasteiger partial charge is 0.315 e. The zero-order valence-corrected chi connectivity index (χ0v) is 12.9. The van der Waals surface area contributed by atoms with Crippen molar-refractivity contribution in [3.63, 3.8) is 0 Å². The Morgan fingerprint density at radius 2 is 1.95 bits per heavy atom. The number of nitro groups is 1. The van der Waals surface area contributed by atoms with Crippen LogP contribution in [0.3, 0.4) is 0 Å². The Morgan fingerprint density at radius 3 is 2.52 bits per heavy atom. The first-order valence-electron chi connectivity index (χ1n) is 6.94. The van der Waals surface area contributed by atoms with Crippen molar-refractivity contribution in [2.24, 2.45) is 0 Å². The van der Waals surface area contributed by atoms with Gasteiger partial charge in [-0.05, 0) is 26.3 Å². The van der Waals surface area contributed by atoms with Crippen molar-refractivity contribution >= 4 is 5.69 Å². The van der Waals surface area contributed by atoms with E-state index in [0.29, 0.717) is 18.1 Å². The summed E-state index contributed by atoms with van der Waals surface area (Å²) in [6.45, 7) is 6.99. The summed E-state index contributed by atoms with van der Waals surface area (Å²) in [6.07, 6.45) is 0. The van der Waals surface area contributed by atoms with Gasteiger partial charge in [0.2, 0.25) is 0 Å². The highest BCUT2D eigenvalue weighted by Gasteiger charge is 2.23. The van der Waals surface area contributed by atoms with Gasteiger partial charge in [-0.2, -0.15) is 5.10 Å². The van der Waals surface area contributed by atoms with Crippen molar-refractivity contribution in [3.8, 4) is 0 Å². The number of hydrogen-bond acceptors (Lipinski definition) is 3. The Balaban J connectivity index is 2.14. The van der Waals surface area contributed by atoms with Crippen molar-refractivity contribution in [3.05, 3.63) is 56.9 Å². The molecule has 2 aromatic rings. The van der Waals surface area contributed by atoms with Gasteiger partial charge >= 0.3 is 5.69 Å². The zero-order chi connectivity index (χ0) is 15.6. The van der Waals surface area contributed by atoms with E-state index in [1.54, 1.807) is 18.5 Å². The fourth-order valence-electron chi connectivity index (χ4n) is 2.55. The number of nitrogens with one attached hydrogen (secondary N) is 1. The first kappa shape index (κ1) is 15.2. The van der Waals surface area contributed by atoms with Gasteiger partial charge in [0.1, 0.15) is 17.9 Å². The number of aryl methyl sites for hydroxylation is 2. The van der Waals surface area contributed by atoms with Crippen LogP contribution in [0.4, 0.5) is 5.69 Å². The Labute approximate surface area is 124 Å². The average Bonchev–Trinajstić information content (AvgIpc) is 2.67.